The molecule has 0 bridgehead atoms. The fraction of sp³-hybridized carbons (Fsp3) is 0.375. The molecule has 1 aromatic heterocycles. The Bertz CT molecular complexity index is 957. The second-order valence-electron chi connectivity index (χ2n) is 8.66. The second kappa shape index (κ2) is 9.11. The van der Waals surface area contributed by atoms with E-state index >= 15 is 0 Å². The number of aryl methyl sites for hydroxylation is 1. The maximum Gasteiger partial charge on any atom is 0.227 e. The van der Waals surface area contributed by atoms with Crippen LogP contribution in [0.15, 0.2) is 59.1 Å². The average molecular weight is 407 g/mol. The van der Waals surface area contributed by atoms with Crippen molar-refractivity contribution >= 4 is 23.0 Å². The molecule has 3 aromatic rings. The van der Waals surface area contributed by atoms with Crippen molar-refractivity contribution in [2.24, 2.45) is 0 Å². The topological polar surface area (TPSA) is 71.3 Å². The molecule has 0 radical (unpaired) electrons. The van der Waals surface area contributed by atoms with Gasteiger partial charge in [0.25, 0.3) is 0 Å². The number of hydrogen-bond acceptors (Lipinski definition) is 5. The van der Waals surface area contributed by atoms with Gasteiger partial charge in [0.05, 0.1) is 0 Å². The van der Waals surface area contributed by atoms with Gasteiger partial charge in [-0.3, -0.25) is 4.79 Å². The summed E-state index contributed by atoms with van der Waals surface area (Å²) >= 11 is 0. The van der Waals surface area contributed by atoms with Crippen molar-refractivity contribution in [3.8, 4) is 0 Å². The molecule has 1 N–H and O–H groups in total. The van der Waals surface area contributed by atoms with Gasteiger partial charge >= 0.3 is 0 Å². The zero-order valence-electron chi connectivity index (χ0n) is 18.3. The number of carbonyl (C=O) groups is 1. The van der Waals surface area contributed by atoms with Crippen LogP contribution in [0.2, 0.25) is 0 Å². The summed E-state index contributed by atoms with van der Waals surface area (Å²) in [7, 11) is 0. The van der Waals surface area contributed by atoms with Gasteiger partial charge in [-0.15, -0.1) is 0 Å². The van der Waals surface area contributed by atoms with E-state index in [1.54, 1.807) is 0 Å². The standard InChI is InChI=1S/C24H30N4O2/c1-17(2)28(22(29)16-15-21-26-23(27-30-21)24(3,4)5)20-13-11-19(12-14-20)25-18-9-7-6-8-10-18/h6-14,17,25H,15-16H2,1-5H3. The number of nitrogens with zero attached hydrogens (tertiary/aromatic N) is 3. The van der Waals surface area contributed by atoms with Gasteiger partial charge in [-0.2, -0.15) is 4.98 Å². The van der Waals surface area contributed by atoms with Gasteiger partial charge in [-0.05, 0) is 50.2 Å². The highest BCUT2D eigenvalue weighted by Gasteiger charge is 2.23. The van der Waals surface area contributed by atoms with Crippen molar-refractivity contribution in [3.63, 3.8) is 0 Å². The van der Waals surface area contributed by atoms with Crippen LogP contribution in [0, 0.1) is 0 Å². The average Bonchev–Trinajstić information content (AvgIpc) is 3.18. The predicted octanol–water partition coefficient (Wildman–Crippen LogP) is 5.48. The third kappa shape index (κ3) is 5.47. The predicted molar refractivity (Wildman–Crippen MR) is 120 cm³/mol. The molecule has 3 rings (SSSR count). The van der Waals surface area contributed by atoms with Gasteiger partial charge < -0.3 is 14.7 Å². The number of rotatable bonds is 7. The highest BCUT2D eigenvalue weighted by molar-refractivity contribution is 5.94. The molecule has 0 saturated heterocycles. The van der Waals surface area contributed by atoms with E-state index in [-0.39, 0.29) is 17.4 Å². The number of carbonyl (C=O) groups excluding carboxylic acids is 1. The van der Waals surface area contributed by atoms with Crippen molar-refractivity contribution in [3.05, 3.63) is 66.3 Å². The molecule has 0 aliphatic carbocycles. The molecule has 0 aliphatic heterocycles. The van der Waals surface area contributed by atoms with Crippen LogP contribution in [-0.4, -0.2) is 22.1 Å². The van der Waals surface area contributed by atoms with Crippen LogP contribution in [0.1, 0.15) is 52.8 Å². The SMILES string of the molecule is CC(C)N(C(=O)CCc1nc(C(C)(C)C)no1)c1ccc(Nc2ccccc2)cc1. The van der Waals surface area contributed by atoms with Crippen molar-refractivity contribution in [2.45, 2.75) is 58.9 Å². The lowest BCUT2D eigenvalue weighted by Crippen LogP contribution is -2.37. The monoisotopic (exact) mass is 406 g/mol. The minimum Gasteiger partial charge on any atom is -0.356 e. The lowest BCUT2D eigenvalue weighted by Gasteiger charge is -2.27. The first-order valence-corrected chi connectivity index (χ1v) is 10.3. The molecule has 0 aliphatic rings. The summed E-state index contributed by atoms with van der Waals surface area (Å²) in [6.45, 7) is 10.1. The first kappa shape index (κ1) is 21.6. The molecule has 1 amide bonds. The number of amides is 1. The molecule has 2 aromatic carbocycles. The molecule has 158 valence electrons. The van der Waals surface area contributed by atoms with E-state index in [1.165, 1.54) is 0 Å². The molecule has 0 saturated carbocycles. The summed E-state index contributed by atoms with van der Waals surface area (Å²) < 4.78 is 5.32. The number of hydrogen-bond donors (Lipinski definition) is 1. The Morgan fingerprint density at radius 1 is 1.03 bits per heavy atom. The van der Waals surface area contributed by atoms with Gasteiger partial charge in [0.1, 0.15) is 0 Å². The largest absolute Gasteiger partial charge is 0.356 e. The summed E-state index contributed by atoms with van der Waals surface area (Å²) in [4.78, 5) is 19.2. The Hall–Kier alpha value is -3.15. The van der Waals surface area contributed by atoms with E-state index in [9.17, 15) is 4.79 Å². The molecule has 6 heteroatoms. The highest BCUT2D eigenvalue weighted by Crippen LogP contribution is 2.24. The minimum absolute atomic E-state index is 0.0317. The van der Waals surface area contributed by atoms with Gasteiger partial charge in [0.2, 0.25) is 11.8 Å². The lowest BCUT2D eigenvalue weighted by atomic mass is 9.96. The van der Waals surface area contributed by atoms with Gasteiger partial charge in [0, 0.05) is 41.4 Å². The zero-order chi connectivity index (χ0) is 21.7. The number of benzene rings is 2. The summed E-state index contributed by atoms with van der Waals surface area (Å²) in [5.74, 6) is 1.19. The van der Waals surface area contributed by atoms with E-state index < -0.39 is 0 Å². The molecule has 0 fully saturated rings. The van der Waals surface area contributed by atoms with Crippen LogP contribution in [0.4, 0.5) is 17.1 Å². The van der Waals surface area contributed by atoms with Crippen LogP contribution >= 0.6 is 0 Å². The molecule has 6 nitrogen and oxygen atoms in total. The van der Waals surface area contributed by atoms with Crippen LogP contribution in [-0.2, 0) is 16.6 Å². The second-order valence-corrected chi connectivity index (χ2v) is 8.66. The number of anilines is 3. The smallest absolute Gasteiger partial charge is 0.227 e. The molecule has 0 unspecified atom stereocenters. The van der Waals surface area contributed by atoms with Crippen LogP contribution in [0.5, 0.6) is 0 Å². The molecule has 1 heterocycles. The van der Waals surface area contributed by atoms with E-state index in [4.69, 9.17) is 4.52 Å². The minimum atomic E-state index is -0.175. The molecule has 0 spiro atoms. The maximum atomic E-state index is 13.0. The number of para-hydroxylation sites is 1. The lowest BCUT2D eigenvalue weighted by molar-refractivity contribution is -0.119. The van der Waals surface area contributed by atoms with Crippen LogP contribution in [0.3, 0.4) is 0 Å². The highest BCUT2D eigenvalue weighted by atomic mass is 16.5. The van der Waals surface area contributed by atoms with Crippen LogP contribution < -0.4 is 10.2 Å². The van der Waals surface area contributed by atoms with E-state index in [1.807, 2.05) is 94.1 Å². The van der Waals surface area contributed by atoms with Crippen molar-refractivity contribution < 1.29 is 9.32 Å². The van der Waals surface area contributed by atoms with Gasteiger partial charge in [-0.1, -0.05) is 44.1 Å². The van der Waals surface area contributed by atoms with Gasteiger partial charge in [-0.25, -0.2) is 0 Å². The van der Waals surface area contributed by atoms with E-state index in [0.29, 0.717) is 24.6 Å². The number of nitrogens with one attached hydrogen (secondary N) is 1. The van der Waals surface area contributed by atoms with Crippen molar-refractivity contribution in [1.82, 2.24) is 10.1 Å². The first-order valence-electron chi connectivity index (χ1n) is 10.3. The fourth-order valence-electron chi connectivity index (χ4n) is 3.12. The number of aromatic nitrogens is 2. The zero-order valence-corrected chi connectivity index (χ0v) is 18.3. The summed E-state index contributed by atoms with van der Waals surface area (Å²) in [5.41, 5.74) is 2.69. The van der Waals surface area contributed by atoms with E-state index in [0.717, 1.165) is 17.1 Å². The Balaban J connectivity index is 1.66. The quantitative estimate of drug-likeness (QED) is 0.562. The fourth-order valence-corrected chi connectivity index (χ4v) is 3.12. The third-order valence-corrected chi connectivity index (χ3v) is 4.68. The summed E-state index contributed by atoms with van der Waals surface area (Å²) in [6, 6.07) is 17.9. The molecule has 0 atom stereocenters. The third-order valence-electron chi connectivity index (χ3n) is 4.68. The Morgan fingerprint density at radius 2 is 1.67 bits per heavy atom. The van der Waals surface area contributed by atoms with Crippen molar-refractivity contribution in [2.75, 3.05) is 10.2 Å². The molecular weight excluding hydrogens is 376 g/mol. The summed E-state index contributed by atoms with van der Waals surface area (Å²) in [5, 5.41) is 7.39. The van der Waals surface area contributed by atoms with E-state index in [2.05, 4.69) is 15.5 Å². The van der Waals surface area contributed by atoms with Crippen LogP contribution in [0.25, 0.3) is 0 Å². The first-order chi connectivity index (χ1) is 14.2. The Morgan fingerprint density at radius 3 is 2.23 bits per heavy atom. The van der Waals surface area contributed by atoms with Crippen molar-refractivity contribution in [1.29, 1.82) is 0 Å². The summed E-state index contributed by atoms with van der Waals surface area (Å²) in [6.07, 6.45) is 0.743. The Kier molecular flexibility index (Phi) is 6.55. The normalized spacial score (nSPS) is 11.5. The molecular formula is C24H30N4O2. The molecule has 30 heavy (non-hydrogen) atoms. The maximum absolute atomic E-state index is 13.0. The Labute approximate surface area is 178 Å². The van der Waals surface area contributed by atoms with Gasteiger partial charge in [0.15, 0.2) is 5.82 Å².